The molecule has 0 bridgehead atoms. The van der Waals surface area contributed by atoms with Crippen molar-refractivity contribution in [3.05, 3.63) is 82.9 Å². The lowest BCUT2D eigenvalue weighted by Gasteiger charge is -2.14. The van der Waals surface area contributed by atoms with Crippen molar-refractivity contribution in [3.8, 4) is 35.5 Å². The van der Waals surface area contributed by atoms with Crippen LogP contribution in [-0.2, 0) is 19.1 Å². The Labute approximate surface area is 283 Å². The van der Waals surface area contributed by atoms with Gasteiger partial charge in [0, 0.05) is 17.8 Å². The summed E-state index contributed by atoms with van der Waals surface area (Å²) < 4.78 is 40.0. The van der Waals surface area contributed by atoms with Gasteiger partial charge in [-0.1, -0.05) is 48.9 Å². The van der Waals surface area contributed by atoms with Gasteiger partial charge in [0.15, 0.2) is 25.1 Å². The minimum Gasteiger partial charge on any atom is -0.480 e. The first-order valence-electron chi connectivity index (χ1n) is 14.8. The number of nitrogens with zero attached hydrogens (tertiary/aromatic N) is 2. The molecule has 2 aromatic carbocycles. The molecule has 0 radical (unpaired) electrons. The van der Waals surface area contributed by atoms with Crippen LogP contribution in [0, 0.1) is 18.2 Å². The molecule has 4 rings (SSSR count). The van der Waals surface area contributed by atoms with Gasteiger partial charge in [-0.05, 0) is 81.3 Å². The van der Waals surface area contributed by atoms with Crippen LogP contribution in [0.4, 0.5) is 4.39 Å². The van der Waals surface area contributed by atoms with Gasteiger partial charge in [-0.25, -0.2) is 19.0 Å². The van der Waals surface area contributed by atoms with Crippen molar-refractivity contribution in [2.75, 3.05) is 13.2 Å². The molecule has 12 heteroatoms. The van der Waals surface area contributed by atoms with E-state index in [1.807, 2.05) is 19.1 Å². The SMILES string of the molecule is C#CCOC(=O)[C@@H](C)Oc1ccc(Oc2ncc(Cl)cc2F)cc1.CCCCCC(C)OC(=O)COc1ccc(Cl)c2cccnc12. The average Bonchev–Trinajstić information content (AvgIpc) is 3.06. The zero-order valence-corrected chi connectivity index (χ0v) is 27.7. The number of fused-ring (bicyclic) bond motifs is 1. The topological polar surface area (TPSA) is 106 Å². The maximum absolute atomic E-state index is 13.6. The number of unbranched alkanes of at least 4 members (excludes halogenated alkanes) is 2. The lowest BCUT2D eigenvalue weighted by molar-refractivity contribution is -0.151. The van der Waals surface area contributed by atoms with Crippen molar-refractivity contribution >= 4 is 46.0 Å². The van der Waals surface area contributed by atoms with E-state index < -0.39 is 17.9 Å². The van der Waals surface area contributed by atoms with Gasteiger partial charge in [-0.2, -0.15) is 0 Å². The van der Waals surface area contributed by atoms with Gasteiger partial charge in [0.25, 0.3) is 5.88 Å². The van der Waals surface area contributed by atoms with Gasteiger partial charge >= 0.3 is 11.9 Å². The number of pyridine rings is 2. The highest BCUT2D eigenvalue weighted by atomic mass is 35.5. The van der Waals surface area contributed by atoms with Crippen LogP contribution in [-0.4, -0.2) is 47.3 Å². The molecule has 0 saturated carbocycles. The number of carbonyl (C=O) groups is 2. The summed E-state index contributed by atoms with van der Waals surface area (Å²) in [6.45, 7) is 5.35. The molecule has 4 aromatic rings. The largest absolute Gasteiger partial charge is 0.480 e. The van der Waals surface area contributed by atoms with Crippen LogP contribution in [0.25, 0.3) is 10.9 Å². The molecule has 2 heterocycles. The van der Waals surface area contributed by atoms with Crippen molar-refractivity contribution in [3.63, 3.8) is 0 Å². The number of benzene rings is 2. The summed E-state index contributed by atoms with van der Waals surface area (Å²) >= 11 is 11.8. The Morgan fingerprint density at radius 2 is 1.77 bits per heavy atom. The fraction of sp³-hybridized carbons (Fsp3) is 0.314. The van der Waals surface area contributed by atoms with Crippen LogP contribution in [0.2, 0.25) is 10.0 Å². The van der Waals surface area contributed by atoms with Gasteiger partial charge in [0.2, 0.25) is 0 Å². The molecule has 0 fully saturated rings. The zero-order chi connectivity index (χ0) is 34.2. The van der Waals surface area contributed by atoms with E-state index in [2.05, 4.69) is 22.8 Å². The van der Waals surface area contributed by atoms with Gasteiger partial charge < -0.3 is 23.7 Å². The molecule has 0 amide bonds. The second-order valence-corrected chi connectivity index (χ2v) is 11.0. The number of halogens is 3. The van der Waals surface area contributed by atoms with Crippen LogP contribution in [0.15, 0.2) is 67.0 Å². The molecule has 0 aliphatic carbocycles. The Bertz CT molecular complexity index is 1660. The predicted molar refractivity (Wildman–Crippen MR) is 178 cm³/mol. The standard InChI is InChI=1S/C18H22ClNO3.C17H13ClFNO4/c1-3-4-5-7-13(2)23-17(21)12-22-16-10-9-15(19)14-8-6-11-20-18(14)16;1-3-8-22-17(21)11(2)23-13-4-6-14(7-5-13)24-16-15(19)9-12(18)10-20-16/h6,8-11,13H,3-5,7,12H2,1-2H3;1,4-7,9-11H,8H2,2H3/t;11-/m.1/s1. The Kier molecular flexibility index (Phi) is 15.0. The first-order valence-corrected chi connectivity index (χ1v) is 15.6. The molecule has 1 unspecified atom stereocenters. The number of hydrogen-bond donors (Lipinski definition) is 0. The van der Waals surface area contributed by atoms with E-state index in [4.69, 9.17) is 53.3 Å². The smallest absolute Gasteiger partial charge is 0.347 e. The normalized spacial score (nSPS) is 11.7. The van der Waals surface area contributed by atoms with Crippen molar-refractivity contribution in [1.29, 1.82) is 0 Å². The quantitative estimate of drug-likeness (QED) is 0.0735. The Morgan fingerprint density at radius 3 is 2.47 bits per heavy atom. The molecule has 0 aliphatic heterocycles. The summed E-state index contributed by atoms with van der Waals surface area (Å²) in [5, 5.41) is 1.58. The van der Waals surface area contributed by atoms with Crippen molar-refractivity contribution in [2.45, 2.75) is 58.7 Å². The third-order valence-electron chi connectivity index (χ3n) is 6.33. The molecule has 0 spiro atoms. The van der Waals surface area contributed by atoms with Crippen LogP contribution >= 0.6 is 23.2 Å². The van der Waals surface area contributed by atoms with E-state index in [0.717, 1.165) is 37.1 Å². The minimum absolute atomic E-state index is 0.0854. The van der Waals surface area contributed by atoms with E-state index in [0.29, 0.717) is 27.8 Å². The third kappa shape index (κ3) is 12.3. The molecule has 47 heavy (non-hydrogen) atoms. The highest BCUT2D eigenvalue weighted by Gasteiger charge is 2.16. The summed E-state index contributed by atoms with van der Waals surface area (Å²) in [7, 11) is 0. The number of esters is 2. The van der Waals surface area contributed by atoms with Crippen LogP contribution in [0.1, 0.15) is 46.5 Å². The first kappa shape index (κ1) is 36.9. The molecule has 2 aromatic heterocycles. The van der Waals surface area contributed by atoms with Crippen molar-refractivity contribution in [1.82, 2.24) is 9.97 Å². The molecule has 2 atom stereocenters. The van der Waals surface area contributed by atoms with Crippen LogP contribution in [0.5, 0.6) is 23.1 Å². The monoisotopic (exact) mass is 684 g/mol. The number of rotatable bonds is 14. The van der Waals surface area contributed by atoms with Crippen molar-refractivity contribution in [2.24, 2.45) is 0 Å². The van der Waals surface area contributed by atoms with Crippen LogP contribution in [0.3, 0.4) is 0 Å². The molecular weight excluding hydrogens is 650 g/mol. The van der Waals surface area contributed by atoms with E-state index >= 15 is 0 Å². The second-order valence-electron chi connectivity index (χ2n) is 10.1. The summed E-state index contributed by atoms with van der Waals surface area (Å²) in [5.74, 6) is 1.68. The van der Waals surface area contributed by atoms with E-state index in [9.17, 15) is 14.0 Å². The van der Waals surface area contributed by atoms with Gasteiger partial charge in [0.05, 0.1) is 16.1 Å². The summed E-state index contributed by atoms with van der Waals surface area (Å²) in [4.78, 5) is 31.4. The third-order valence-corrected chi connectivity index (χ3v) is 6.86. The van der Waals surface area contributed by atoms with Gasteiger partial charge in [-0.15, -0.1) is 6.42 Å². The molecular formula is C35H35Cl2FN2O7. The summed E-state index contributed by atoms with van der Waals surface area (Å²) in [6, 6.07) is 14.5. The Balaban J connectivity index is 0.000000256. The maximum Gasteiger partial charge on any atom is 0.347 e. The number of carbonyl (C=O) groups excluding carboxylic acids is 2. The molecule has 0 N–H and O–H groups in total. The number of hydrogen-bond acceptors (Lipinski definition) is 9. The average molecular weight is 686 g/mol. The second kappa shape index (κ2) is 19.2. The minimum atomic E-state index is -0.819. The molecule has 0 aliphatic rings. The molecule has 0 saturated heterocycles. The summed E-state index contributed by atoms with van der Waals surface area (Å²) in [6.07, 6.45) is 11.3. The van der Waals surface area contributed by atoms with E-state index in [1.54, 1.807) is 42.6 Å². The fourth-order valence-electron chi connectivity index (χ4n) is 4.02. The van der Waals surface area contributed by atoms with E-state index in [1.165, 1.54) is 13.1 Å². The fourth-order valence-corrected chi connectivity index (χ4v) is 4.38. The van der Waals surface area contributed by atoms with Gasteiger partial charge in [0.1, 0.15) is 22.8 Å². The lowest BCUT2D eigenvalue weighted by Crippen LogP contribution is -2.26. The number of ether oxygens (including phenoxy) is 5. The van der Waals surface area contributed by atoms with E-state index in [-0.39, 0.29) is 36.2 Å². The maximum atomic E-state index is 13.6. The van der Waals surface area contributed by atoms with Gasteiger partial charge in [-0.3, -0.25) is 4.98 Å². The highest BCUT2D eigenvalue weighted by Crippen LogP contribution is 2.30. The predicted octanol–water partition coefficient (Wildman–Crippen LogP) is 8.39. The Hall–Kier alpha value is -4.59. The zero-order valence-electron chi connectivity index (χ0n) is 26.2. The molecule has 9 nitrogen and oxygen atoms in total. The van der Waals surface area contributed by atoms with Crippen LogP contribution < -0.4 is 14.2 Å². The molecule has 248 valence electrons. The highest BCUT2D eigenvalue weighted by molar-refractivity contribution is 6.35. The Morgan fingerprint density at radius 1 is 1.02 bits per heavy atom. The number of aromatic nitrogens is 2. The lowest BCUT2D eigenvalue weighted by atomic mass is 10.1. The number of terminal acetylenes is 1. The first-order chi connectivity index (χ1) is 22.6. The van der Waals surface area contributed by atoms with Crippen molar-refractivity contribution < 1.29 is 37.7 Å². The summed E-state index contributed by atoms with van der Waals surface area (Å²) in [5.41, 5.74) is 0.642.